The maximum Gasteiger partial charge on any atom is 0.267 e. The molecule has 22 heavy (non-hydrogen) atoms. The van der Waals surface area contributed by atoms with Crippen LogP contribution in [0, 0.1) is 0 Å². The Hall–Kier alpha value is -2.40. The van der Waals surface area contributed by atoms with Crippen LogP contribution in [0.2, 0.25) is 0 Å². The van der Waals surface area contributed by atoms with Crippen LogP contribution in [0.3, 0.4) is 0 Å². The van der Waals surface area contributed by atoms with E-state index in [0.29, 0.717) is 5.56 Å². The Balaban J connectivity index is 2.24. The third-order valence-corrected chi connectivity index (χ3v) is 3.47. The van der Waals surface area contributed by atoms with E-state index in [0.717, 1.165) is 10.0 Å². The molecule has 112 valence electrons. The van der Waals surface area contributed by atoms with Crippen molar-refractivity contribution in [2.45, 2.75) is 0 Å². The molecule has 2 aromatic rings. The van der Waals surface area contributed by atoms with E-state index in [1.807, 2.05) is 30.3 Å². The highest BCUT2D eigenvalue weighted by molar-refractivity contribution is 9.10. The Morgan fingerprint density at radius 2 is 1.64 bits per heavy atom. The Morgan fingerprint density at radius 1 is 1.00 bits per heavy atom. The molecular formula is C17H15BrN2O2. The smallest absolute Gasteiger partial charge is 0.267 e. The number of halogens is 1. The van der Waals surface area contributed by atoms with Gasteiger partial charge in [-0.15, -0.1) is 0 Å². The fourth-order valence-corrected chi connectivity index (χ4v) is 2.07. The SMILES string of the molecule is CNC(=O)C(=Cc1ccccc1)NC(=O)c1ccc(Br)cc1. The Labute approximate surface area is 137 Å². The molecule has 0 bridgehead atoms. The zero-order valence-electron chi connectivity index (χ0n) is 12.0. The van der Waals surface area contributed by atoms with Crippen LogP contribution >= 0.6 is 15.9 Å². The van der Waals surface area contributed by atoms with Gasteiger partial charge >= 0.3 is 0 Å². The molecule has 2 aromatic carbocycles. The summed E-state index contributed by atoms with van der Waals surface area (Å²) >= 11 is 3.32. The molecule has 0 heterocycles. The van der Waals surface area contributed by atoms with Crippen molar-refractivity contribution in [2.75, 3.05) is 7.05 Å². The molecule has 4 nitrogen and oxygen atoms in total. The van der Waals surface area contributed by atoms with E-state index >= 15 is 0 Å². The lowest BCUT2D eigenvalue weighted by atomic mass is 10.1. The number of hydrogen-bond donors (Lipinski definition) is 2. The molecule has 2 amide bonds. The van der Waals surface area contributed by atoms with Gasteiger partial charge in [-0.05, 0) is 35.9 Å². The average molecular weight is 359 g/mol. The molecule has 0 aliphatic heterocycles. The molecule has 0 fully saturated rings. The molecule has 0 radical (unpaired) electrons. The molecule has 2 N–H and O–H groups in total. The maximum atomic E-state index is 12.2. The van der Waals surface area contributed by atoms with E-state index in [9.17, 15) is 9.59 Å². The van der Waals surface area contributed by atoms with Crippen molar-refractivity contribution in [2.24, 2.45) is 0 Å². The second-order valence-electron chi connectivity index (χ2n) is 4.51. The minimum Gasteiger partial charge on any atom is -0.354 e. The highest BCUT2D eigenvalue weighted by Crippen LogP contribution is 2.11. The Morgan fingerprint density at radius 3 is 2.23 bits per heavy atom. The first-order valence-electron chi connectivity index (χ1n) is 6.66. The maximum absolute atomic E-state index is 12.2. The third kappa shape index (κ3) is 4.30. The predicted octanol–water partition coefficient (Wildman–Crippen LogP) is 2.97. The first-order valence-corrected chi connectivity index (χ1v) is 7.45. The number of carbonyl (C=O) groups excluding carboxylic acids is 2. The summed E-state index contributed by atoms with van der Waals surface area (Å²) in [5, 5.41) is 5.17. The lowest BCUT2D eigenvalue weighted by Gasteiger charge is -2.09. The van der Waals surface area contributed by atoms with Gasteiger partial charge < -0.3 is 10.6 Å². The van der Waals surface area contributed by atoms with Gasteiger partial charge in [0.05, 0.1) is 0 Å². The summed E-state index contributed by atoms with van der Waals surface area (Å²) in [6, 6.07) is 16.2. The third-order valence-electron chi connectivity index (χ3n) is 2.94. The second-order valence-corrected chi connectivity index (χ2v) is 5.42. The zero-order valence-corrected chi connectivity index (χ0v) is 13.6. The zero-order chi connectivity index (χ0) is 15.9. The highest BCUT2D eigenvalue weighted by atomic mass is 79.9. The molecule has 0 unspecified atom stereocenters. The molecular weight excluding hydrogens is 344 g/mol. The molecule has 0 spiro atoms. The first-order chi connectivity index (χ1) is 10.6. The fourth-order valence-electron chi connectivity index (χ4n) is 1.80. The molecule has 0 saturated carbocycles. The lowest BCUT2D eigenvalue weighted by molar-refractivity contribution is -0.117. The van der Waals surface area contributed by atoms with Crippen molar-refractivity contribution in [1.82, 2.24) is 10.6 Å². The lowest BCUT2D eigenvalue weighted by Crippen LogP contribution is -2.33. The van der Waals surface area contributed by atoms with Crippen molar-refractivity contribution in [1.29, 1.82) is 0 Å². The average Bonchev–Trinajstić information content (AvgIpc) is 2.55. The van der Waals surface area contributed by atoms with Crippen molar-refractivity contribution in [3.63, 3.8) is 0 Å². The predicted molar refractivity (Wildman–Crippen MR) is 90.1 cm³/mol. The second kappa shape index (κ2) is 7.56. The van der Waals surface area contributed by atoms with E-state index in [4.69, 9.17) is 0 Å². The quantitative estimate of drug-likeness (QED) is 0.825. The largest absolute Gasteiger partial charge is 0.354 e. The summed E-state index contributed by atoms with van der Waals surface area (Å²) in [5.41, 5.74) is 1.50. The summed E-state index contributed by atoms with van der Waals surface area (Å²) in [7, 11) is 1.52. The Bertz CT molecular complexity index is 694. The van der Waals surface area contributed by atoms with Crippen LogP contribution in [0.5, 0.6) is 0 Å². The number of likely N-dealkylation sites (N-methyl/N-ethyl adjacent to an activating group) is 1. The molecule has 5 heteroatoms. The van der Waals surface area contributed by atoms with Crippen LogP contribution in [-0.2, 0) is 4.79 Å². The number of benzene rings is 2. The van der Waals surface area contributed by atoms with Gasteiger partial charge in [0, 0.05) is 17.1 Å². The fraction of sp³-hybridized carbons (Fsp3) is 0.0588. The summed E-state index contributed by atoms with van der Waals surface area (Å²) < 4.78 is 0.885. The van der Waals surface area contributed by atoms with E-state index in [2.05, 4.69) is 26.6 Å². The van der Waals surface area contributed by atoms with Crippen molar-refractivity contribution < 1.29 is 9.59 Å². The molecule has 0 aliphatic carbocycles. The number of amides is 2. The molecule has 2 rings (SSSR count). The topological polar surface area (TPSA) is 58.2 Å². The minimum atomic E-state index is -0.352. The monoisotopic (exact) mass is 358 g/mol. The minimum absolute atomic E-state index is 0.196. The number of nitrogens with one attached hydrogen (secondary N) is 2. The van der Waals surface area contributed by atoms with Crippen LogP contribution < -0.4 is 10.6 Å². The van der Waals surface area contributed by atoms with E-state index in [-0.39, 0.29) is 17.5 Å². The number of hydrogen-bond acceptors (Lipinski definition) is 2. The van der Waals surface area contributed by atoms with Gasteiger partial charge in [0.25, 0.3) is 11.8 Å². The van der Waals surface area contributed by atoms with E-state index in [1.54, 1.807) is 30.3 Å². The van der Waals surface area contributed by atoms with Crippen molar-refractivity contribution in [3.05, 3.63) is 75.9 Å². The van der Waals surface area contributed by atoms with Gasteiger partial charge in [-0.25, -0.2) is 0 Å². The van der Waals surface area contributed by atoms with Crippen LogP contribution in [0.25, 0.3) is 6.08 Å². The molecule has 0 aromatic heterocycles. The number of rotatable bonds is 4. The standard InChI is InChI=1S/C17H15BrN2O2/c1-19-17(22)15(11-12-5-3-2-4-6-12)20-16(21)13-7-9-14(18)10-8-13/h2-11H,1H3,(H,19,22)(H,20,21). The summed E-state index contributed by atoms with van der Waals surface area (Å²) in [4.78, 5) is 24.2. The molecule has 0 saturated heterocycles. The van der Waals surface area contributed by atoms with Crippen LogP contribution in [-0.4, -0.2) is 18.9 Å². The van der Waals surface area contributed by atoms with Gasteiger partial charge in [0.1, 0.15) is 5.70 Å². The van der Waals surface area contributed by atoms with Gasteiger partial charge in [0.15, 0.2) is 0 Å². The van der Waals surface area contributed by atoms with Crippen LogP contribution in [0.1, 0.15) is 15.9 Å². The van der Waals surface area contributed by atoms with Gasteiger partial charge in [-0.1, -0.05) is 46.3 Å². The summed E-state index contributed by atoms with van der Waals surface area (Å²) in [6.45, 7) is 0. The molecule has 0 aliphatic rings. The molecule has 0 atom stereocenters. The first kappa shape index (κ1) is 16.0. The van der Waals surface area contributed by atoms with Gasteiger partial charge in [-0.2, -0.15) is 0 Å². The van der Waals surface area contributed by atoms with Gasteiger partial charge in [-0.3, -0.25) is 9.59 Å². The van der Waals surface area contributed by atoms with Crippen molar-refractivity contribution >= 4 is 33.8 Å². The van der Waals surface area contributed by atoms with E-state index in [1.165, 1.54) is 7.05 Å². The Kier molecular flexibility index (Phi) is 5.49. The summed E-state index contributed by atoms with van der Waals surface area (Å²) in [5.74, 6) is -0.687. The van der Waals surface area contributed by atoms with Crippen molar-refractivity contribution in [3.8, 4) is 0 Å². The highest BCUT2D eigenvalue weighted by Gasteiger charge is 2.13. The van der Waals surface area contributed by atoms with E-state index < -0.39 is 0 Å². The summed E-state index contributed by atoms with van der Waals surface area (Å²) in [6.07, 6.45) is 1.63. The number of carbonyl (C=O) groups is 2. The van der Waals surface area contributed by atoms with Crippen LogP contribution in [0.15, 0.2) is 64.8 Å². The van der Waals surface area contributed by atoms with Crippen LogP contribution in [0.4, 0.5) is 0 Å². The normalized spacial score (nSPS) is 10.9. The van der Waals surface area contributed by atoms with Gasteiger partial charge in [0.2, 0.25) is 0 Å².